The molecule has 3 nitrogen and oxygen atoms in total. The van der Waals surface area contributed by atoms with E-state index in [4.69, 9.17) is 0 Å². The Morgan fingerprint density at radius 1 is 1.08 bits per heavy atom. The van der Waals surface area contributed by atoms with E-state index in [1.807, 2.05) is 12.1 Å². The summed E-state index contributed by atoms with van der Waals surface area (Å²) in [6, 6.07) is 13.5. The molecule has 2 heterocycles. The van der Waals surface area contributed by atoms with E-state index in [1.54, 1.807) is 24.4 Å². The van der Waals surface area contributed by atoms with E-state index in [0.29, 0.717) is 12.5 Å². The van der Waals surface area contributed by atoms with Crippen molar-refractivity contribution in [3.8, 4) is 11.1 Å². The van der Waals surface area contributed by atoms with Crippen molar-refractivity contribution in [2.45, 2.75) is 25.3 Å². The van der Waals surface area contributed by atoms with Gasteiger partial charge >= 0.3 is 0 Å². The zero-order valence-corrected chi connectivity index (χ0v) is 14.5. The minimum Gasteiger partial charge on any atom is -0.298 e. The Hall–Kier alpha value is -2.53. The molecule has 0 aliphatic carbocycles. The van der Waals surface area contributed by atoms with Gasteiger partial charge in [0.2, 0.25) is 0 Å². The molecule has 0 unspecified atom stereocenters. The Morgan fingerprint density at radius 3 is 2.69 bits per heavy atom. The topological polar surface area (TPSA) is 31.9 Å². The van der Waals surface area contributed by atoms with Crippen LogP contribution in [0.4, 0.5) is 8.78 Å². The number of nitrogens with one attached hydrogen (secondary N) is 1. The summed E-state index contributed by atoms with van der Waals surface area (Å²) in [5.74, 6) is -0.0891. The average molecular weight is 353 g/mol. The Balaban J connectivity index is 1.53. The van der Waals surface area contributed by atoms with E-state index in [-0.39, 0.29) is 11.6 Å². The van der Waals surface area contributed by atoms with Crippen LogP contribution in [-0.2, 0) is 6.54 Å². The summed E-state index contributed by atoms with van der Waals surface area (Å²) in [5, 5.41) is 7.36. The molecule has 1 aliphatic rings. The van der Waals surface area contributed by atoms with Crippen LogP contribution < -0.4 is 0 Å². The fraction of sp³-hybridized carbons (Fsp3) is 0.286. The van der Waals surface area contributed by atoms with Gasteiger partial charge in [0.05, 0.1) is 6.20 Å². The Morgan fingerprint density at radius 2 is 1.88 bits per heavy atom. The molecule has 1 saturated heterocycles. The normalized spacial score (nSPS) is 18.2. The first kappa shape index (κ1) is 16.9. The summed E-state index contributed by atoms with van der Waals surface area (Å²) < 4.78 is 27.2. The molecule has 1 aliphatic heterocycles. The maximum atomic E-state index is 14.0. The molecule has 2 aromatic carbocycles. The van der Waals surface area contributed by atoms with Crippen LogP contribution in [0.2, 0.25) is 0 Å². The van der Waals surface area contributed by atoms with Gasteiger partial charge in [0.25, 0.3) is 0 Å². The van der Waals surface area contributed by atoms with Gasteiger partial charge in [-0.2, -0.15) is 5.10 Å². The predicted octanol–water partition coefficient (Wildman–Crippen LogP) is 4.73. The highest BCUT2D eigenvalue weighted by molar-refractivity contribution is 5.65. The van der Waals surface area contributed by atoms with Gasteiger partial charge in [-0.05, 0) is 43.1 Å². The standard InChI is InChI=1S/C21H21F2N3/c22-18-9-7-15(8-10-18)19-12-24-25-21(19)17-5-3-11-26(14-17)13-16-4-1-2-6-20(16)23/h1-2,4,6-10,12,17H,3,5,11,13-14H2,(H,24,25)/t17-/m1/s1. The van der Waals surface area contributed by atoms with Gasteiger partial charge in [0, 0.05) is 35.8 Å². The number of rotatable bonds is 4. The van der Waals surface area contributed by atoms with E-state index in [0.717, 1.165) is 48.3 Å². The number of hydrogen-bond acceptors (Lipinski definition) is 2. The molecule has 3 aromatic rings. The molecule has 0 saturated carbocycles. The average Bonchev–Trinajstić information content (AvgIpc) is 3.14. The molecule has 0 radical (unpaired) electrons. The van der Waals surface area contributed by atoms with Crippen molar-refractivity contribution < 1.29 is 8.78 Å². The van der Waals surface area contributed by atoms with Crippen LogP contribution in [0, 0.1) is 11.6 Å². The summed E-state index contributed by atoms with van der Waals surface area (Å²) in [7, 11) is 0. The van der Waals surface area contributed by atoms with E-state index < -0.39 is 0 Å². The number of piperidine rings is 1. The second kappa shape index (κ2) is 7.38. The number of nitrogens with zero attached hydrogens (tertiary/aromatic N) is 2. The maximum Gasteiger partial charge on any atom is 0.127 e. The molecule has 1 atom stereocenters. The van der Waals surface area contributed by atoms with E-state index >= 15 is 0 Å². The van der Waals surface area contributed by atoms with Crippen molar-refractivity contribution in [3.63, 3.8) is 0 Å². The second-order valence-electron chi connectivity index (χ2n) is 6.87. The molecular weight excluding hydrogens is 332 g/mol. The first-order valence-corrected chi connectivity index (χ1v) is 8.95. The number of H-pyrrole nitrogens is 1. The smallest absolute Gasteiger partial charge is 0.127 e. The summed E-state index contributed by atoms with van der Waals surface area (Å²) in [5.41, 5.74) is 3.79. The molecule has 0 spiro atoms. The minimum absolute atomic E-state index is 0.150. The zero-order valence-electron chi connectivity index (χ0n) is 14.5. The molecule has 134 valence electrons. The highest BCUT2D eigenvalue weighted by Crippen LogP contribution is 2.33. The summed E-state index contributed by atoms with van der Waals surface area (Å²) in [6.07, 6.45) is 3.92. The van der Waals surface area contributed by atoms with Crippen LogP contribution in [0.25, 0.3) is 11.1 Å². The second-order valence-corrected chi connectivity index (χ2v) is 6.87. The summed E-state index contributed by atoms with van der Waals surface area (Å²) in [6.45, 7) is 2.43. The number of halogens is 2. The van der Waals surface area contributed by atoms with Gasteiger partial charge in [0.15, 0.2) is 0 Å². The first-order valence-electron chi connectivity index (χ1n) is 8.95. The third-order valence-electron chi connectivity index (χ3n) is 5.09. The fourth-order valence-electron chi connectivity index (χ4n) is 3.77. The number of aromatic amines is 1. The molecule has 4 rings (SSSR count). The molecule has 0 bridgehead atoms. The highest BCUT2D eigenvalue weighted by Gasteiger charge is 2.25. The van der Waals surface area contributed by atoms with Crippen molar-refractivity contribution >= 4 is 0 Å². The molecule has 26 heavy (non-hydrogen) atoms. The molecule has 1 N–H and O–H groups in total. The quantitative estimate of drug-likeness (QED) is 0.735. The van der Waals surface area contributed by atoms with Crippen LogP contribution in [0.5, 0.6) is 0 Å². The molecular formula is C21H21F2N3. The number of hydrogen-bond donors (Lipinski definition) is 1. The maximum absolute atomic E-state index is 14.0. The van der Waals surface area contributed by atoms with Gasteiger partial charge in [-0.25, -0.2) is 8.78 Å². The van der Waals surface area contributed by atoms with Gasteiger partial charge in [-0.1, -0.05) is 30.3 Å². The van der Waals surface area contributed by atoms with Crippen molar-refractivity contribution in [1.82, 2.24) is 15.1 Å². The lowest BCUT2D eigenvalue weighted by molar-refractivity contribution is 0.196. The van der Waals surface area contributed by atoms with E-state index in [2.05, 4.69) is 15.1 Å². The van der Waals surface area contributed by atoms with Crippen molar-refractivity contribution in [2.75, 3.05) is 13.1 Å². The van der Waals surface area contributed by atoms with E-state index in [1.165, 1.54) is 18.2 Å². The first-order chi connectivity index (χ1) is 12.7. The van der Waals surface area contributed by atoms with E-state index in [9.17, 15) is 8.78 Å². The lowest BCUT2D eigenvalue weighted by atomic mass is 9.90. The van der Waals surface area contributed by atoms with Gasteiger partial charge in [-0.3, -0.25) is 10.00 Å². The van der Waals surface area contributed by atoms with Crippen molar-refractivity contribution in [2.24, 2.45) is 0 Å². The molecule has 1 aromatic heterocycles. The molecule has 5 heteroatoms. The van der Waals surface area contributed by atoms with Crippen LogP contribution in [0.1, 0.15) is 30.0 Å². The number of likely N-dealkylation sites (tertiary alicyclic amines) is 1. The van der Waals surface area contributed by atoms with Crippen LogP contribution in [0.15, 0.2) is 54.7 Å². The van der Waals surface area contributed by atoms with Crippen molar-refractivity contribution in [3.05, 3.63) is 77.6 Å². The van der Waals surface area contributed by atoms with Crippen LogP contribution in [0.3, 0.4) is 0 Å². The largest absolute Gasteiger partial charge is 0.298 e. The Bertz CT molecular complexity index is 873. The predicted molar refractivity (Wildman–Crippen MR) is 97.6 cm³/mol. The molecule has 0 amide bonds. The Kier molecular flexibility index (Phi) is 4.80. The molecule has 1 fully saturated rings. The SMILES string of the molecule is Fc1ccc(-c2cn[nH]c2[C@@H]2CCCN(Cc3ccccc3F)C2)cc1. The zero-order chi connectivity index (χ0) is 17.9. The van der Waals surface area contributed by atoms with Gasteiger partial charge in [-0.15, -0.1) is 0 Å². The lowest BCUT2D eigenvalue weighted by Gasteiger charge is -2.32. The minimum atomic E-state index is -0.243. The van der Waals surface area contributed by atoms with Gasteiger partial charge in [0.1, 0.15) is 11.6 Å². The fourth-order valence-corrected chi connectivity index (χ4v) is 3.77. The van der Waals surface area contributed by atoms with Crippen LogP contribution in [-0.4, -0.2) is 28.2 Å². The number of benzene rings is 2. The lowest BCUT2D eigenvalue weighted by Crippen LogP contribution is -2.34. The Labute approximate surface area is 151 Å². The van der Waals surface area contributed by atoms with Crippen LogP contribution >= 0.6 is 0 Å². The third kappa shape index (κ3) is 3.53. The van der Waals surface area contributed by atoms with Gasteiger partial charge < -0.3 is 0 Å². The highest BCUT2D eigenvalue weighted by atomic mass is 19.1. The summed E-state index contributed by atoms with van der Waals surface area (Å²) >= 11 is 0. The number of aromatic nitrogens is 2. The summed E-state index contributed by atoms with van der Waals surface area (Å²) in [4.78, 5) is 2.29. The third-order valence-corrected chi connectivity index (χ3v) is 5.09. The monoisotopic (exact) mass is 353 g/mol. The van der Waals surface area contributed by atoms with Crippen molar-refractivity contribution in [1.29, 1.82) is 0 Å².